The van der Waals surface area contributed by atoms with E-state index in [0.29, 0.717) is 38.5 Å². The molecule has 1 saturated heterocycles. The molecule has 41 heavy (non-hydrogen) atoms. The fourth-order valence-electron chi connectivity index (χ4n) is 5.17. The quantitative estimate of drug-likeness (QED) is 0.303. The van der Waals surface area contributed by atoms with Gasteiger partial charge < -0.3 is 15.1 Å². The first kappa shape index (κ1) is 27.2. The minimum absolute atomic E-state index is 0.276. The molecule has 0 amide bonds. The minimum atomic E-state index is -0.433. The lowest BCUT2D eigenvalue weighted by Crippen LogP contribution is -2.29. The summed E-state index contributed by atoms with van der Waals surface area (Å²) in [6, 6.07) is 11.3. The van der Waals surface area contributed by atoms with Gasteiger partial charge in [0.25, 0.3) is 5.56 Å². The van der Waals surface area contributed by atoms with Crippen molar-refractivity contribution in [2.75, 3.05) is 43.4 Å². The van der Waals surface area contributed by atoms with Crippen LogP contribution in [-0.2, 0) is 7.05 Å². The summed E-state index contributed by atoms with van der Waals surface area (Å²) in [5, 5.41) is 13.1. The van der Waals surface area contributed by atoms with E-state index in [1.54, 1.807) is 29.1 Å². The first-order valence-corrected chi connectivity index (χ1v) is 14.1. The number of hydrogen-bond acceptors (Lipinski definition) is 8. The highest BCUT2D eigenvalue weighted by atomic mass is 35.5. The summed E-state index contributed by atoms with van der Waals surface area (Å²) in [7, 11) is 3.98. The summed E-state index contributed by atoms with van der Waals surface area (Å²) in [5.41, 5.74) is 4.63. The highest BCUT2D eigenvalue weighted by molar-refractivity contribution is 6.37. The number of nitrogens with zero attached hydrogens (tertiary/aromatic N) is 8. The number of hydrogen-bond donors (Lipinski definition) is 1. The fraction of sp³-hybridized carbons (Fsp3) is 0.276. The number of rotatable bonds is 5. The van der Waals surface area contributed by atoms with Crippen molar-refractivity contribution >= 4 is 51.4 Å². The Kier molecular flexibility index (Phi) is 7.37. The van der Waals surface area contributed by atoms with Gasteiger partial charge in [-0.1, -0.05) is 29.3 Å². The Labute approximate surface area is 247 Å². The lowest BCUT2D eigenvalue weighted by Gasteiger charge is -2.25. The van der Waals surface area contributed by atoms with Crippen LogP contribution in [0, 0.1) is 6.92 Å². The molecule has 10 nitrogen and oxygen atoms in total. The second-order valence-electron chi connectivity index (χ2n) is 10.3. The third-order valence-electron chi connectivity index (χ3n) is 7.28. The minimum Gasteiger partial charge on any atom is -0.370 e. The maximum atomic E-state index is 13.6. The van der Waals surface area contributed by atoms with E-state index >= 15 is 0 Å². The van der Waals surface area contributed by atoms with Crippen LogP contribution in [0.3, 0.4) is 0 Å². The first-order valence-electron chi connectivity index (χ1n) is 13.3. The standard InChI is InChI=1S/C29H29Cl2N9O/c1-18-14-20(8-9-24(18)39-11-5-10-37(2)12-13-39)34-29-32-16-21-26(35-29)25(19-15-33-38(3)17-19)36-40(28(21)41)27-22(30)6-4-7-23(27)31/h4,6-9,14-17H,5,10-13H2,1-3H3,(H,32,34,35). The molecule has 12 heteroatoms. The zero-order chi connectivity index (χ0) is 28.7. The maximum Gasteiger partial charge on any atom is 0.282 e. The Morgan fingerprint density at radius 3 is 2.51 bits per heavy atom. The van der Waals surface area contributed by atoms with Crippen molar-refractivity contribution in [2.45, 2.75) is 13.3 Å². The zero-order valence-electron chi connectivity index (χ0n) is 23.0. The van der Waals surface area contributed by atoms with E-state index in [1.807, 2.05) is 19.3 Å². The van der Waals surface area contributed by atoms with Gasteiger partial charge in [-0.2, -0.15) is 14.9 Å². The summed E-state index contributed by atoms with van der Waals surface area (Å²) in [5.74, 6) is 0.348. The molecule has 0 bridgehead atoms. The van der Waals surface area contributed by atoms with Crippen molar-refractivity contribution in [2.24, 2.45) is 7.05 Å². The smallest absolute Gasteiger partial charge is 0.282 e. The van der Waals surface area contributed by atoms with Crippen LogP contribution >= 0.6 is 23.2 Å². The van der Waals surface area contributed by atoms with Gasteiger partial charge in [0.15, 0.2) is 0 Å². The zero-order valence-corrected chi connectivity index (χ0v) is 24.5. The van der Waals surface area contributed by atoms with Crippen molar-refractivity contribution in [3.8, 4) is 16.9 Å². The van der Waals surface area contributed by atoms with E-state index in [0.717, 1.165) is 43.9 Å². The number of para-hydroxylation sites is 1. The Hall–Kier alpha value is -3.99. The van der Waals surface area contributed by atoms with Crippen molar-refractivity contribution in [3.05, 3.63) is 81.0 Å². The van der Waals surface area contributed by atoms with Crippen molar-refractivity contribution in [1.29, 1.82) is 0 Å². The lowest BCUT2D eigenvalue weighted by molar-refractivity contribution is 0.360. The predicted molar refractivity (Wildman–Crippen MR) is 164 cm³/mol. The summed E-state index contributed by atoms with van der Waals surface area (Å²) in [6.07, 6.45) is 6.12. The monoisotopic (exact) mass is 589 g/mol. The van der Waals surface area contributed by atoms with E-state index in [4.69, 9.17) is 28.2 Å². The van der Waals surface area contributed by atoms with Crippen molar-refractivity contribution < 1.29 is 0 Å². The van der Waals surface area contributed by atoms with Crippen LogP contribution in [0.5, 0.6) is 0 Å². The molecule has 0 atom stereocenters. The van der Waals surface area contributed by atoms with Gasteiger partial charge in [-0.05, 0) is 62.8 Å². The summed E-state index contributed by atoms with van der Waals surface area (Å²) >= 11 is 12.9. The fourth-order valence-corrected chi connectivity index (χ4v) is 5.73. The Balaban J connectivity index is 1.40. The Bertz CT molecular complexity index is 1800. The molecule has 5 aromatic rings. The second-order valence-corrected chi connectivity index (χ2v) is 11.1. The molecule has 1 N–H and O–H groups in total. The molecular formula is C29H29Cl2N9O. The molecular weight excluding hydrogens is 561 g/mol. The van der Waals surface area contributed by atoms with Crippen LogP contribution in [0.2, 0.25) is 10.0 Å². The summed E-state index contributed by atoms with van der Waals surface area (Å²) in [4.78, 5) is 27.7. The summed E-state index contributed by atoms with van der Waals surface area (Å²) in [6.45, 7) is 6.30. The van der Waals surface area contributed by atoms with Gasteiger partial charge >= 0.3 is 0 Å². The second kappa shape index (κ2) is 11.1. The molecule has 0 radical (unpaired) electrons. The van der Waals surface area contributed by atoms with Crippen LogP contribution in [0.15, 0.2) is 59.8 Å². The number of nitrogens with one attached hydrogen (secondary N) is 1. The molecule has 0 saturated carbocycles. The number of aromatic nitrogens is 6. The molecule has 6 rings (SSSR count). The number of anilines is 3. The van der Waals surface area contributed by atoms with Crippen molar-refractivity contribution in [3.63, 3.8) is 0 Å². The van der Waals surface area contributed by atoms with Gasteiger partial charge in [-0.3, -0.25) is 9.48 Å². The highest BCUT2D eigenvalue weighted by Gasteiger charge is 2.20. The SMILES string of the molecule is Cc1cc(Nc2ncc3c(=O)n(-c4c(Cl)cccc4Cl)nc(-c4cnn(C)c4)c3n2)ccc1N1CCCN(C)CC1. The van der Waals surface area contributed by atoms with Crippen LogP contribution < -0.4 is 15.8 Å². The van der Waals surface area contributed by atoms with Crippen molar-refractivity contribution in [1.82, 2.24) is 34.4 Å². The van der Waals surface area contributed by atoms with Gasteiger partial charge in [-0.25, -0.2) is 9.97 Å². The molecule has 3 aromatic heterocycles. The molecule has 1 fully saturated rings. The Morgan fingerprint density at radius 2 is 1.78 bits per heavy atom. The molecule has 0 aliphatic carbocycles. The van der Waals surface area contributed by atoms with E-state index < -0.39 is 5.56 Å². The van der Waals surface area contributed by atoms with Gasteiger partial charge in [-0.15, -0.1) is 0 Å². The molecule has 2 aromatic carbocycles. The molecule has 0 unspecified atom stereocenters. The molecule has 0 spiro atoms. The van der Waals surface area contributed by atoms with E-state index in [2.05, 4.69) is 56.4 Å². The molecule has 210 valence electrons. The molecule has 1 aliphatic heterocycles. The van der Waals surface area contributed by atoms with Gasteiger partial charge in [0.1, 0.15) is 16.9 Å². The third kappa shape index (κ3) is 5.38. The number of aryl methyl sites for hydroxylation is 2. The molecule has 4 heterocycles. The topological polar surface area (TPSA) is 97.0 Å². The van der Waals surface area contributed by atoms with Gasteiger partial charge in [0.2, 0.25) is 5.95 Å². The normalized spacial score (nSPS) is 14.4. The van der Waals surface area contributed by atoms with E-state index in [9.17, 15) is 4.79 Å². The average Bonchev–Trinajstić information content (AvgIpc) is 3.26. The van der Waals surface area contributed by atoms with E-state index in [-0.39, 0.29) is 5.39 Å². The average molecular weight is 591 g/mol. The predicted octanol–water partition coefficient (Wildman–Crippen LogP) is 5.08. The van der Waals surface area contributed by atoms with E-state index in [1.165, 1.54) is 16.6 Å². The number of likely N-dealkylation sites (N-methyl/N-ethyl adjacent to an activating group) is 1. The molecule has 1 aliphatic rings. The van der Waals surface area contributed by atoms with Crippen LogP contribution in [-0.4, -0.2) is 67.7 Å². The Morgan fingerprint density at radius 1 is 0.976 bits per heavy atom. The van der Waals surface area contributed by atoms with Crippen LogP contribution in [0.4, 0.5) is 17.3 Å². The highest BCUT2D eigenvalue weighted by Crippen LogP contribution is 2.31. The van der Waals surface area contributed by atoms with Gasteiger partial charge in [0, 0.05) is 56.0 Å². The summed E-state index contributed by atoms with van der Waals surface area (Å²) < 4.78 is 2.86. The number of halogens is 2. The maximum absolute atomic E-state index is 13.6. The van der Waals surface area contributed by atoms with Crippen LogP contribution in [0.1, 0.15) is 12.0 Å². The largest absolute Gasteiger partial charge is 0.370 e. The lowest BCUT2D eigenvalue weighted by atomic mass is 10.1. The van der Waals surface area contributed by atoms with Gasteiger partial charge in [0.05, 0.1) is 21.6 Å². The number of fused-ring (bicyclic) bond motifs is 1. The first-order chi connectivity index (χ1) is 19.8. The third-order valence-corrected chi connectivity index (χ3v) is 7.89. The number of benzene rings is 2. The van der Waals surface area contributed by atoms with Crippen LogP contribution in [0.25, 0.3) is 27.8 Å².